The molecule has 0 radical (unpaired) electrons. The van der Waals surface area contributed by atoms with Crippen molar-refractivity contribution in [3.05, 3.63) is 11.1 Å². The first-order valence-electron chi connectivity index (χ1n) is 13.0. The van der Waals surface area contributed by atoms with Crippen LogP contribution in [-0.2, 0) is 0 Å². The molecule has 2 heteroatoms. The molecule has 1 unspecified atom stereocenters. The fraction of sp³-hybridized carbons (Fsp3) is 0.893. The van der Waals surface area contributed by atoms with Gasteiger partial charge in [-0.25, -0.2) is 0 Å². The zero-order valence-electron chi connectivity index (χ0n) is 20.3. The molecular weight excluding hydrogens is 366 g/mol. The van der Waals surface area contributed by atoms with Gasteiger partial charge >= 0.3 is 0 Å². The quantitative estimate of drug-likeness (QED) is 0.478. The maximum atomic E-state index is 10.4. The molecule has 4 aliphatic rings. The minimum Gasteiger partial charge on any atom is -0.393 e. The number of rotatable bonds is 5. The summed E-state index contributed by atoms with van der Waals surface area (Å²) in [4.78, 5) is 0. The highest BCUT2D eigenvalue weighted by Crippen LogP contribution is 2.69. The van der Waals surface area contributed by atoms with Gasteiger partial charge in [0.15, 0.2) is 0 Å². The fourth-order valence-electron chi connectivity index (χ4n) is 8.73. The van der Waals surface area contributed by atoms with Crippen molar-refractivity contribution in [2.45, 2.75) is 118 Å². The molecule has 2 nitrogen and oxygen atoms in total. The smallest absolute Gasteiger partial charge is 0.0696 e. The zero-order chi connectivity index (χ0) is 21.7. The molecule has 1 N–H and O–H groups in total. The van der Waals surface area contributed by atoms with Crippen LogP contribution in [0.25, 0.3) is 0 Å². The lowest BCUT2D eigenvalue weighted by atomic mass is 9.43. The summed E-state index contributed by atoms with van der Waals surface area (Å²) in [5.74, 6) is 3.07. The maximum Gasteiger partial charge on any atom is 0.0696 e. The molecule has 4 rings (SSSR count). The largest absolute Gasteiger partial charge is 0.393 e. The van der Waals surface area contributed by atoms with Crippen LogP contribution in [0.15, 0.2) is 11.1 Å². The van der Waals surface area contributed by atoms with Gasteiger partial charge in [-0.15, -0.1) is 0 Å². The van der Waals surface area contributed by atoms with Gasteiger partial charge in [-0.05, 0) is 92.3 Å². The van der Waals surface area contributed by atoms with Gasteiger partial charge in [-0.2, -0.15) is 5.26 Å². The summed E-state index contributed by atoms with van der Waals surface area (Å²) in [6.07, 6.45) is 13.8. The maximum absolute atomic E-state index is 10.4. The molecule has 4 aliphatic carbocycles. The Morgan fingerprint density at radius 3 is 2.50 bits per heavy atom. The Hall–Kier alpha value is -0.810. The third-order valence-electron chi connectivity index (χ3n) is 10.6. The molecule has 3 fully saturated rings. The first-order valence-corrected chi connectivity index (χ1v) is 13.0. The lowest BCUT2D eigenvalue weighted by Gasteiger charge is -2.60. The minimum absolute atomic E-state index is 0.0594. The van der Waals surface area contributed by atoms with E-state index in [-0.39, 0.29) is 16.9 Å². The Morgan fingerprint density at radius 2 is 1.80 bits per heavy atom. The first-order chi connectivity index (χ1) is 14.2. The van der Waals surface area contributed by atoms with E-state index in [1.54, 1.807) is 5.57 Å². The molecule has 0 bridgehead atoms. The van der Waals surface area contributed by atoms with Crippen LogP contribution in [0.1, 0.15) is 112 Å². The lowest BCUT2D eigenvalue weighted by Crippen LogP contribution is -2.54. The number of hydrogen-bond donors (Lipinski definition) is 1. The van der Waals surface area contributed by atoms with Gasteiger partial charge in [0.25, 0.3) is 0 Å². The summed E-state index contributed by atoms with van der Waals surface area (Å²) in [5.41, 5.74) is 3.74. The van der Waals surface area contributed by atoms with E-state index >= 15 is 0 Å². The van der Waals surface area contributed by atoms with Gasteiger partial charge in [-0.1, -0.05) is 65.0 Å². The van der Waals surface area contributed by atoms with Gasteiger partial charge in [0, 0.05) is 0 Å². The van der Waals surface area contributed by atoms with Gasteiger partial charge < -0.3 is 5.11 Å². The first kappa shape index (κ1) is 22.4. The second kappa shape index (κ2) is 7.95. The van der Waals surface area contributed by atoms with Crippen LogP contribution in [0.4, 0.5) is 0 Å². The van der Waals surface area contributed by atoms with Crippen molar-refractivity contribution >= 4 is 0 Å². The van der Waals surface area contributed by atoms with E-state index in [2.05, 4.69) is 40.7 Å². The second-order valence-electron chi connectivity index (χ2n) is 12.5. The molecule has 0 aliphatic heterocycles. The van der Waals surface area contributed by atoms with Crippen LogP contribution in [0.5, 0.6) is 0 Å². The third-order valence-corrected chi connectivity index (χ3v) is 10.6. The molecule has 30 heavy (non-hydrogen) atoms. The molecule has 3 saturated carbocycles. The van der Waals surface area contributed by atoms with Crippen LogP contribution in [0.2, 0.25) is 0 Å². The summed E-state index contributed by atoms with van der Waals surface area (Å²) < 4.78 is 0. The van der Waals surface area contributed by atoms with Crippen LogP contribution in [0.3, 0.4) is 0 Å². The number of allylic oxidation sites excluding steroid dienone is 2. The number of nitrogens with zero attached hydrogens (tertiary/aromatic N) is 1. The monoisotopic (exact) mass is 411 g/mol. The van der Waals surface area contributed by atoms with Crippen LogP contribution < -0.4 is 0 Å². The summed E-state index contributed by atoms with van der Waals surface area (Å²) >= 11 is 0. The van der Waals surface area contributed by atoms with E-state index in [0.29, 0.717) is 17.8 Å². The SMILES string of the molecule is CC(C)CCC[C@@H](C)[C@H]1CCC2=C3CC[C@@]4(C#N)CC(O)CC[C@]4(C)[C@H]3CC[C@@]21C. The van der Waals surface area contributed by atoms with Gasteiger partial charge in [0.2, 0.25) is 0 Å². The average Bonchev–Trinajstić information content (AvgIpc) is 3.05. The minimum atomic E-state index is -0.310. The molecule has 0 amide bonds. The highest BCUT2D eigenvalue weighted by atomic mass is 16.3. The standard InChI is InChI=1S/C28H45NO/c1-19(2)7-6-8-20(3)23-9-10-24-22-12-16-28(18-29)17-21(30)11-15-27(28,5)25(22)13-14-26(23,24)4/h19-21,23,25,30H,6-17H2,1-5H3/t20-,21?,23-,25+,26-,27-,28+/m1/s1. The van der Waals surface area contributed by atoms with Gasteiger partial charge in [-0.3, -0.25) is 0 Å². The number of hydrogen-bond acceptors (Lipinski definition) is 2. The summed E-state index contributed by atoms with van der Waals surface area (Å²) in [6, 6.07) is 2.77. The van der Waals surface area contributed by atoms with E-state index in [0.717, 1.165) is 43.4 Å². The van der Waals surface area contributed by atoms with E-state index in [9.17, 15) is 10.4 Å². The number of nitriles is 1. The zero-order valence-corrected chi connectivity index (χ0v) is 20.3. The van der Waals surface area contributed by atoms with Crippen molar-refractivity contribution < 1.29 is 5.11 Å². The Balaban J connectivity index is 1.60. The Bertz CT molecular complexity index is 731. The predicted octanol–water partition coefficient (Wildman–Crippen LogP) is 7.43. The second-order valence-corrected chi connectivity index (χ2v) is 12.5. The van der Waals surface area contributed by atoms with Crippen molar-refractivity contribution in [1.82, 2.24) is 0 Å². The molecule has 0 aromatic heterocycles. The van der Waals surface area contributed by atoms with Crippen molar-refractivity contribution in [3.63, 3.8) is 0 Å². The molecule has 0 heterocycles. The van der Waals surface area contributed by atoms with Gasteiger partial charge in [0.05, 0.1) is 17.6 Å². The van der Waals surface area contributed by atoms with Crippen molar-refractivity contribution in [2.24, 2.45) is 39.9 Å². The predicted molar refractivity (Wildman–Crippen MR) is 124 cm³/mol. The van der Waals surface area contributed by atoms with Crippen LogP contribution in [0, 0.1) is 51.2 Å². The van der Waals surface area contributed by atoms with Crippen molar-refractivity contribution in [1.29, 1.82) is 5.26 Å². The highest BCUT2D eigenvalue weighted by molar-refractivity contribution is 5.37. The Kier molecular flexibility index (Phi) is 5.93. The van der Waals surface area contributed by atoms with E-state index < -0.39 is 0 Å². The van der Waals surface area contributed by atoms with Crippen LogP contribution in [-0.4, -0.2) is 11.2 Å². The molecule has 7 atom stereocenters. The average molecular weight is 412 g/mol. The number of fused-ring (bicyclic) bond motifs is 4. The van der Waals surface area contributed by atoms with E-state index in [4.69, 9.17) is 0 Å². The molecule has 0 aromatic rings. The summed E-state index contributed by atoms with van der Waals surface area (Å²) in [6.45, 7) is 12.2. The highest BCUT2D eigenvalue weighted by Gasteiger charge is 2.61. The molecule has 168 valence electrons. The van der Waals surface area contributed by atoms with Crippen LogP contribution >= 0.6 is 0 Å². The molecular formula is C28H45NO. The third kappa shape index (κ3) is 3.30. The topological polar surface area (TPSA) is 44.0 Å². The number of aliphatic hydroxyl groups excluding tert-OH is 1. The summed E-state index contributed by atoms with van der Waals surface area (Å²) in [7, 11) is 0. The molecule has 0 aromatic carbocycles. The Morgan fingerprint density at radius 1 is 1.03 bits per heavy atom. The van der Waals surface area contributed by atoms with E-state index in [1.807, 2.05) is 5.57 Å². The lowest BCUT2D eigenvalue weighted by molar-refractivity contribution is -0.0786. The normalized spacial score (nSPS) is 44.3. The van der Waals surface area contributed by atoms with E-state index in [1.165, 1.54) is 44.9 Å². The van der Waals surface area contributed by atoms with Crippen molar-refractivity contribution in [2.75, 3.05) is 0 Å². The number of aliphatic hydroxyl groups is 1. The molecule has 0 spiro atoms. The Labute approximate surface area is 185 Å². The van der Waals surface area contributed by atoms with Crippen molar-refractivity contribution in [3.8, 4) is 6.07 Å². The fourth-order valence-corrected chi connectivity index (χ4v) is 8.73. The summed E-state index contributed by atoms with van der Waals surface area (Å²) in [5, 5.41) is 20.6. The van der Waals surface area contributed by atoms with Gasteiger partial charge in [0.1, 0.15) is 0 Å². The molecule has 0 saturated heterocycles.